The molecule has 2 heterocycles. The van der Waals surface area contributed by atoms with E-state index >= 15 is 0 Å². The molecular formula is C14H12N2O2S. The van der Waals surface area contributed by atoms with Crippen LogP contribution >= 0.6 is 11.3 Å². The molecule has 1 aliphatic heterocycles. The molecule has 4 nitrogen and oxygen atoms in total. The van der Waals surface area contributed by atoms with Crippen LogP contribution in [0.4, 0.5) is 4.79 Å². The second-order valence-electron chi connectivity index (χ2n) is 4.13. The van der Waals surface area contributed by atoms with Crippen LogP contribution in [0, 0.1) is 0 Å². The molecule has 96 valence electrons. The van der Waals surface area contributed by atoms with Crippen LogP contribution in [0.2, 0.25) is 0 Å². The number of rotatable bonds is 2. The van der Waals surface area contributed by atoms with Gasteiger partial charge in [0.05, 0.1) is 15.4 Å². The van der Waals surface area contributed by atoms with Crippen molar-refractivity contribution < 1.29 is 9.53 Å². The molecule has 0 saturated heterocycles. The lowest BCUT2D eigenvalue weighted by molar-refractivity contribution is 0.118. The molecule has 1 amide bonds. The van der Waals surface area contributed by atoms with Crippen LogP contribution in [-0.2, 0) is 11.3 Å². The van der Waals surface area contributed by atoms with Gasteiger partial charge in [-0.3, -0.25) is 4.90 Å². The third-order valence-corrected chi connectivity index (χ3v) is 3.60. The number of hydrogen-bond donors (Lipinski definition) is 0. The number of hydrogen-bond acceptors (Lipinski definition) is 4. The van der Waals surface area contributed by atoms with Gasteiger partial charge >= 0.3 is 6.09 Å². The van der Waals surface area contributed by atoms with Crippen molar-refractivity contribution in [2.45, 2.75) is 6.61 Å². The lowest BCUT2D eigenvalue weighted by atomic mass is 10.2. The second kappa shape index (κ2) is 5.24. The average molecular weight is 272 g/mol. The van der Waals surface area contributed by atoms with Crippen molar-refractivity contribution in [3.63, 3.8) is 0 Å². The monoisotopic (exact) mass is 272 g/mol. The van der Waals surface area contributed by atoms with E-state index in [1.54, 1.807) is 16.6 Å². The molecule has 0 fully saturated rings. The Morgan fingerprint density at radius 1 is 1.37 bits per heavy atom. The van der Waals surface area contributed by atoms with Crippen molar-refractivity contribution >= 4 is 29.7 Å². The molecule has 0 unspecified atom stereocenters. The Kier molecular flexibility index (Phi) is 3.29. The molecule has 2 aromatic rings. The van der Waals surface area contributed by atoms with Crippen molar-refractivity contribution in [3.05, 3.63) is 51.3 Å². The Morgan fingerprint density at radius 2 is 2.21 bits per heavy atom. The summed E-state index contributed by atoms with van der Waals surface area (Å²) >= 11 is 1.51. The Morgan fingerprint density at radius 3 is 3.05 bits per heavy atom. The van der Waals surface area contributed by atoms with Crippen LogP contribution in [0.3, 0.4) is 0 Å². The van der Waals surface area contributed by atoms with Gasteiger partial charge in [-0.1, -0.05) is 30.3 Å². The molecule has 0 atom stereocenters. The van der Waals surface area contributed by atoms with Crippen molar-refractivity contribution in [3.8, 4) is 0 Å². The Bertz CT molecular complexity index is 694. The van der Waals surface area contributed by atoms with E-state index in [9.17, 15) is 4.79 Å². The van der Waals surface area contributed by atoms with Crippen LogP contribution < -0.4 is 9.88 Å². The fourth-order valence-electron chi connectivity index (χ4n) is 1.82. The fourth-order valence-corrected chi connectivity index (χ4v) is 2.55. The van der Waals surface area contributed by atoms with E-state index in [0.29, 0.717) is 13.2 Å². The minimum atomic E-state index is -0.334. The normalized spacial score (nSPS) is 13.2. The first-order valence-corrected chi connectivity index (χ1v) is 6.80. The number of carbonyl (C=O) groups excluding carboxylic acids is 1. The van der Waals surface area contributed by atoms with Gasteiger partial charge < -0.3 is 4.74 Å². The number of ether oxygens (including phenoxy) is 1. The molecule has 19 heavy (non-hydrogen) atoms. The van der Waals surface area contributed by atoms with Gasteiger partial charge in [0.25, 0.3) is 0 Å². The summed E-state index contributed by atoms with van der Waals surface area (Å²) in [4.78, 5) is 17.7. The summed E-state index contributed by atoms with van der Waals surface area (Å²) in [6, 6.07) is 9.65. The van der Waals surface area contributed by atoms with Crippen molar-refractivity contribution in [2.75, 3.05) is 6.54 Å². The molecule has 3 rings (SSSR count). The maximum absolute atomic E-state index is 11.9. The van der Waals surface area contributed by atoms with E-state index in [1.807, 2.05) is 36.4 Å². The van der Waals surface area contributed by atoms with Gasteiger partial charge in [-0.25, -0.2) is 9.78 Å². The van der Waals surface area contributed by atoms with Crippen LogP contribution in [-0.4, -0.2) is 22.5 Å². The molecule has 0 radical (unpaired) electrons. The lowest BCUT2D eigenvalue weighted by Gasteiger charge is -2.17. The third kappa shape index (κ3) is 2.66. The summed E-state index contributed by atoms with van der Waals surface area (Å²) in [7, 11) is 0. The maximum Gasteiger partial charge on any atom is 0.414 e. The Labute approximate surface area is 114 Å². The summed E-state index contributed by atoms with van der Waals surface area (Å²) in [6.07, 6.45) is 3.38. The highest BCUT2D eigenvalue weighted by Crippen LogP contribution is 2.04. The minimum absolute atomic E-state index is 0.291. The van der Waals surface area contributed by atoms with Gasteiger partial charge in [-0.2, -0.15) is 0 Å². The highest BCUT2D eigenvalue weighted by atomic mass is 32.1. The van der Waals surface area contributed by atoms with E-state index in [-0.39, 0.29) is 6.09 Å². The first kappa shape index (κ1) is 11.9. The zero-order valence-corrected chi connectivity index (χ0v) is 11.0. The molecule has 0 bridgehead atoms. The number of carbonyl (C=O) groups is 1. The fraction of sp³-hybridized carbons (Fsp3) is 0.143. The molecule has 0 saturated carbocycles. The minimum Gasteiger partial charge on any atom is -0.444 e. The van der Waals surface area contributed by atoms with Crippen molar-refractivity contribution in [1.82, 2.24) is 9.88 Å². The van der Waals surface area contributed by atoms with Crippen LogP contribution in [0.5, 0.6) is 0 Å². The predicted molar refractivity (Wildman–Crippen MR) is 73.6 cm³/mol. The summed E-state index contributed by atoms with van der Waals surface area (Å²) in [5.41, 5.74) is 2.76. The number of fused-ring (bicyclic) bond motifs is 1. The highest BCUT2D eigenvalue weighted by molar-refractivity contribution is 7.07. The number of benzene rings is 1. The van der Waals surface area contributed by atoms with E-state index in [4.69, 9.17) is 4.74 Å². The summed E-state index contributed by atoms with van der Waals surface area (Å²) in [6.45, 7) is 0.796. The van der Waals surface area contributed by atoms with Gasteiger partial charge in [0.1, 0.15) is 6.61 Å². The Balaban J connectivity index is 1.66. The summed E-state index contributed by atoms with van der Waals surface area (Å²) in [5.74, 6) is 0. The highest BCUT2D eigenvalue weighted by Gasteiger charge is 2.14. The van der Waals surface area contributed by atoms with Crippen LogP contribution in [0.15, 0.2) is 35.8 Å². The van der Waals surface area contributed by atoms with Crippen LogP contribution in [0.1, 0.15) is 5.56 Å². The molecule has 0 spiro atoms. The summed E-state index contributed by atoms with van der Waals surface area (Å²) < 4.78 is 6.27. The third-order valence-electron chi connectivity index (χ3n) is 2.82. The topological polar surface area (TPSA) is 42.4 Å². The Hall–Kier alpha value is -2.14. The van der Waals surface area contributed by atoms with E-state index in [1.165, 1.54) is 11.3 Å². The van der Waals surface area contributed by atoms with E-state index in [0.717, 1.165) is 15.4 Å². The molecule has 1 aromatic carbocycles. The van der Waals surface area contributed by atoms with Gasteiger partial charge in [-0.15, -0.1) is 11.3 Å². The second-order valence-corrected chi connectivity index (χ2v) is 5.01. The molecule has 0 aliphatic carbocycles. The first-order chi connectivity index (χ1) is 9.33. The standard InChI is InChI=1S/C14H12N2O2S/c17-14(18-9-11-4-2-1-3-5-11)16-7-6-12-13(8-16)19-10-15-12/h1-6,8,10H,7,9H2. The van der Waals surface area contributed by atoms with E-state index in [2.05, 4.69) is 4.98 Å². The maximum atomic E-state index is 11.9. The zero-order chi connectivity index (χ0) is 13.1. The summed E-state index contributed by atoms with van der Waals surface area (Å²) in [5, 5.41) is 0.942. The largest absolute Gasteiger partial charge is 0.444 e. The number of amides is 1. The quantitative estimate of drug-likeness (QED) is 0.828. The predicted octanol–water partition coefficient (Wildman–Crippen LogP) is 1.31. The van der Waals surface area contributed by atoms with Gasteiger partial charge in [-0.05, 0) is 11.6 Å². The smallest absolute Gasteiger partial charge is 0.414 e. The number of thiazole rings is 1. The van der Waals surface area contributed by atoms with Gasteiger partial charge in [0.15, 0.2) is 0 Å². The molecule has 0 N–H and O–H groups in total. The average Bonchev–Trinajstić information content (AvgIpc) is 2.93. The lowest BCUT2D eigenvalue weighted by Crippen LogP contribution is -2.37. The first-order valence-electron chi connectivity index (χ1n) is 5.92. The number of aromatic nitrogens is 1. The van der Waals surface area contributed by atoms with Crippen LogP contribution in [0.25, 0.3) is 12.3 Å². The molecule has 1 aromatic heterocycles. The van der Waals surface area contributed by atoms with E-state index < -0.39 is 0 Å². The van der Waals surface area contributed by atoms with Crippen molar-refractivity contribution in [2.24, 2.45) is 0 Å². The molecule has 1 aliphatic rings. The zero-order valence-electron chi connectivity index (χ0n) is 10.2. The van der Waals surface area contributed by atoms with Gasteiger partial charge in [0, 0.05) is 12.7 Å². The van der Waals surface area contributed by atoms with Crippen molar-refractivity contribution in [1.29, 1.82) is 0 Å². The SMILES string of the molecule is O=C(OCc1ccccc1)N1C=c2scnc2=CC1. The van der Waals surface area contributed by atoms with Gasteiger partial charge in [0.2, 0.25) is 0 Å². The number of nitrogens with zero attached hydrogens (tertiary/aromatic N) is 2. The molecular weight excluding hydrogens is 260 g/mol. The molecule has 5 heteroatoms.